The molecular formula is C11H14N2O7. The standard InChI is InChI=1S/C11H14N2O7/c1-2-19-10(17)8-6(15)7(16)9(20-8)13-4-3-5(14)12-11(13)18/h3-4,6-9,15-16H,2H2,1H3,(H,12,14,18)/t6-,7+,8-,9+/m0/s1. The van der Waals surface area contributed by atoms with Crippen LogP contribution >= 0.6 is 0 Å². The van der Waals surface area contributed by atoms with E-state index in [0.29, 0.717) is 0 Å². The van der Waals surface area contributed by atoms with Crippen molar-refractivity contribution in [1.82, 2.24) is 9.55 Å². The molecule has 1 fully saturated rings. The zero-order valence-corrected chi connectivity index (χ0v) is 10.6. The molecule has 3 N–H and O–H groups in total. The first-order valence-corrected chi connectivity index (χ1v) is 5.95. The van der Waals surface area contributed by atoms with Gasteiger partial charge < -0.3 is 19.7 Å². The Bertz CT molecular complexity index is 607. The zero-order valence-electron chi connectivity index (χ0n) is 10.6. The monoisotopic (exact) mass is 286 g/mol. The van der Waals surface area contributed by atoms with Crippen LogP contribution in [0.4, 0.5) is 0 Å². The van der Waals surface area contributed by atoms with Crippen LogP contribution in [0.25, 0.3) is 0 Å². The summed E-state index contributed by atoms with van der Waals surface area (Å²) in [7, 11) is 0. The minimum atomic E-state index is -1.53. The van der Waals surface area contributed by atoms with Gasteiger partial charge in [0.25, 0.3) is 5.56 Å². The van der Waals surface area contributed by atoms with Gasteiger partial charge in [0.15, 0.2) is 12.3 Å². The fraction of sp³-hybridized carbons (Fsp3) is 0.545. The first-order valence-electron chi connectivity index (χ1n) is 5.95. The number of rotatable bonds is 3. The molecule has 4 atom stereocenters. The fourth-order valence-corrected chi connectivity index (χ4v) is 1.94. The van der Waals surface area contributed by atoms with Gasteiger partial charge in [0.2, 0.25) is 0 Å². The van der Waals surface area contributed by atoms with Crippen molar-refractivity contribution in [2.75, 3.05) is 6.61 Å². The number of ether oxygens (including phenoxy) is 2. The number of hydrogen-bond donors (Lipinski definition) is 3. The number of aliphatic hydroxyl groups excluding tert-OH is 2. The van der Waals surface area contributed by atoms with Crippen molar-refractivity contribution in [2.24, 2.45) is 0 Å². The van der Waals surface area contributed by atoms with Gasteiger partial charge in [-0.15, -0.1) is 0 Å². The van der Waals surface area contributed by atoms with E-state index in [1.54, 1.807) is 6.92 Å². The molecule has 0 aliphatic carbocycles. The van der Waals surface area contributed by atoms with Crippen LogP contribution in [0.5, 0.6) is 0 Å². The summed E-state index contributed by atoms with van der Waals surface area (Å²) in [5, 5.41) is 19.6. The average Bonchev–Trinajstić information content (AvgIpc) is 2.67. The second-order valence-electron chi connectivity index (χ2n) is 4.20. The number of nitrogens with zero attached hydrogens (tertiary/aromatic N) is 1. The van der Waals surface area contributed by atoms with Crippen molar-refractivity contribution in [1.29, 1.82) is 0 Å². The van der Waals surface area contributed by atoms with E-state index < -0.39 is 41.8 Å². The van der Waals surface area contributed by atoms with Crippen molar-refractivity contribution in [3.05, 3.63) is 33.1 Å². The van der Waals surface area contributed by atoms with E-state index in [0.717, 1.165) is 16.8 Å². The number of carbonyl (C=O) groups excluding carboxylic acids is 1. The normalized spacial score (nSPS) is 29.4. The van der Waals surface area contributed by atoms with Crippen molar-refractivity contribution in [3.8, 4) is 0 Å². The third-order valence-electron chi connectivity index (χ3n) is 2.88. The molecule has 2 heterocycles. The summed E-state index contributed by atoms with van der Waals surface area (Å²) in [5.41, 5.74) is -1.43. The van der Waals surface area contributed by atoms with Gasteiger partial charge in [-0.05, 0) is 6.92 Å². The van der Waals surface area contributed by atoms with E-state index >= 15 is 0 Å². The Kier molecular flexibility index (Phi) is 4.02. The molecule has 9 nitrogen and oxygen atoms in total. The number of aromatic nitrogens is 2. The molecule has 0 amide bonds. The molecule has 0 saturated carbocycles. The number of hydrogen-bond acceptors (Lipinski definition) is 7. The van der Waals surface area contributed by atoms with Gasteiger partial charge in [-0.1, -0.05) is 0 Å². The topological polar surface area (TPSA) is 131 Å². The number of carbonyl (C=O) groups is 1. The summed E-state index contributed by atoms with van der Waals surface area (Å²) in [4.78, 5) is 36.1. The maximum absolute atomic E-state index is 11.6. The lowest BCUT2D eigenvalue weighted by Gasteiger charge is -2.16. The summed E-state index contributed by atoms with van der Waals surface area (Å²) in [6, 6.07) is 1.06. The zero-order chi connectivity index (χ0) is 14.9. The molecule has 2 rings (SSSR count). The molecule has 1 aliphatic rings. The number of aliphatic hydroxyl groups is 2. The summed E-state index contributed by atoms with van der Waals surface area (Å²) in [6.07, 6.45) is -4.61. The Morgan fingerprint density at radius 3 is 2.75 bits per heavy atom. The molecule has 0 unspecified atom stereocenters. The predicted molar refractivity (Wildman–Crippen MR) is 63.9 cm³/mol. The molecule has 0 radical (unpaired) electrons. The van der Waals surface area contributed by atoms with Gasteiger partial charge in [-0.3, -0.25) is 14.3 Å². The van der Waals surface area contributed by atoms with E-state index in [-0.39, 0.29) is 6.61 Å². The van der Waals surface area contributed by atoms with E-state index in [1.807, 2.05) is 4.98 Å². The van der Waals surface area contributed by atoms with E-state index in [1.165, 1.54) is 0 Å². The lowest BCUT2D eigenvalue weighted by Crippen LogP contribution is -2.38. The smallest absolute Gasteiger partial charge is 0.338 e. The summed E-state index contributed by atoms with van der Waals surface area (Å²) in [5.74, 6) is -0.834. The summed E-state index contributed by atoms with van der Waals surface area (Å²) < 4.78 is 10.8. The van der Waals surface area contributed by atoms with E-state index in [4.69, 9.17) is 9.47 Å². The van der Waals surface area contributed by atoms with Crippen LogP contribution in [0.3, 0.4) is 0 Å². The molecule has 110 valence electrons. The molecule has 9 heteroatoms. The van der Waals surface area contributed by atoms with Gasteiger partial charge in [-0.2, -0.15) is 0 Å². The lowest BCUT2D eigenvalue weighted by molar-refractivity contribution is -0.161. The van der Waals surface area contributed by atoms with Crippen LogP contribution in [0.1, 0.15) is 13.2 Å². The molecule has 0 aromatic carbocycles. The Morgan fingerprint density at radius 2 is 2.15 bits per heavy atom. The third-order valence-corrected chi connectivity index (χ3v) is 2.88. The Hall–Kier alpha value is -1.97. The number of esters is 1. The van der Waals surface area contributed by atoms with Crippen LogP contribution in [0.15, 0.2) is 21.9 Å². The van der Waals surface area contributed by atoms with Gasteiger partial charge in [0.1, 0.15) is 12.2 Å². The predicted octanol–water partition coefficient (Wildman–Crippen LogP) is -2.28. The SMILES string of the molecule is CCOC(=O)[C@H]1O[C@@H](n2ccc(=O)[nH]c2=O)[C@H](O)[C@@H]1O. The molecule has 0 spiro atoms. The second kappa shape index (κ2) is 5.57. The van der Waals surface area contributed by atoms with Crippen molar-refractivity contribution in [3.63, 3.8) is 0 Å². The fourth-order valence-electron chi connectivity index (χ4n) is 1.94. The van der Waals surface area contributed by atoms with E-state index in [9.17, 15) is 24.6 Å². The Labute approximate surface area is 112 Å². The molecule has 1 aliphatic heterocycles. The highest BCUT2D eigenvalue weighted by Crippen LogP contribution is 2.28. The number of aromatic amines is 1. The van der Waals surface area contributed by atoms with Crippen LogP contribution in [-0.2, 0) is 14.3 Å². The second-order valence-corrected chi connectivity index (χ2v) is 4.20. The Morgan fingerprint density at radius 1 is 1.45 bits per heavy atom. The minimum Gasteiger partial charge on any atom is -0.464 e. The van der Waals surface area contributed by atoms with Gasteiger partial charge >= 0.3 is 11.7 Å². The lowest BCUT2D eigenvalue weighted by atomic mass is 10.1. The van der Waals surface area contributed by atoms with E-state index in [2.05, 4.69) is 0 Å². The average molecular weight is 286 g/mol. The molecule has 0 bridgehead atoms. The highest BCUT2D eigenvalue weighted by atomic mass is 16.6. The first-order chi connectivity index (χ1) is 9.45. The van der Waals surface area contributed by atoms with Gasteiger partial charge in [0.05, 0.1) is 6.61 Å². The summed E-state index contributed by atoms with van der Waals surface area (Å²) in [6.45, 7) is 1.67. The largest absolute Gasteiger partial charge is 0.464 e. The van der Waals surface area contributed by atoms with Crippen molar-refractivity contribution in [2.45, 2.75) is 31.5 Å². The maximum atomic E-state index is 11.6. The van der Waals surface area contributed by atoms with Gasteiger partial charge in [-0.25, -0.2) is 9.59 Å². The maximum Gasteiger partial charge on any atom is 0.338 e. The molecule has 20 heavy (non-hydrogen) atoms. The van der Waals surface area contributed by atoms with Crippen molar-refractivity contribution < 1.29 is 24.5 Å². The molecular weight excluding hydrogens is 272 g/mol. The van der Waals surface area contributed by atoms with Crippen molar-refractivity contribution >= 4 is 5.97 Å². The Balaban J connectivity index is 2.28. The number of H-pyrrole nitrogens is 1. The molecule has 1 saturated heterocycles. The quantitative estimate of drug-likeness (QED) is 0.533. The molecule has 1 aromatic rings. The summed E-state index contributed by atoms with van der Waals surface area (Å²) >= 11 is 0. The minimum absolute atomic E-state index is 0.0881. The van der Waals surface area contributed by atoms with Crippen LogP contribution < -0.4 is 11.2 Å². The van der Waals surface area contributed by atoms with Crippen LogP contribution in [-0.4, -0.2) is 50.7 Å². The van der Waals surface area contributed by atoms with Crippen LogP contribution in [0, 0.1) is 0 Å². The van der Waals surface area contributed by atoms with Gasteiger partial charge in [0, 0.05) is 12.3 Å². The van der Waals surface area contributed by atoms with Crippen LogP contribution in [0.2, 0.25) is 0 Å². The molecule has 1 aromatic heterocycles. The highest BCUT2D eigenvalue weighted by molar-refractivity contribution is 5.76. The highest BCUT2D eigenvalue weighted by Gasteiger charge is 2.48. The third kappa shape index (κ3) is 2.50. The first kappa shape index (κ1) is 14.4. The number of nitrogens with one attached hydrogen (secondary N) is 1.